The van der Waals surface area contributed by atoms with Crippen LogP contribution in [-0.4, -0.2) is 63.3 Å². The number of nitrogens with one attached hydrogen (secondary N) is 3. The Bertz CT molecular complexity index is 641. The van der Waals surface area contributed by atoms with Gasteiger partial charge in [0.25, 0.3) is 0 Å². The minimum absolute atomic E-state index is 0.00863. The number of amides is 3. The minimum Gasteiger partial charge on any atom is -0.384 e. The molecule has 2 heterocycles. The van der Waals surface area contributed by atoms with Crippen LogP contribution in [0.2, 0.25) is 0 Å². The highest BCUT2D eigenvalue weighted by Gasteiger charge is 2.34. The molecule has 154 valence electrons. The highest BCUT2D eigenvalue weighted by atomic mass is 16.5. The third-order valence-electron chi connectivity index (χ3n) is 5.86. The second-order valence-electron chi connectivity index (χ2n) is 7.98. The number of piperidine rings is 2. The zero-order valence-corrected chi connectivity index (χ0v) is 16.7. The van der Waals surface area contributed by atoms with Gasteiger partial charge in [-0.1, -0.05) is 18.2 Å². The Morgan fingerprint density at radius 3 is 2.71 bits per heavy atom. The molecule has 3 N–H and O–H groups in total. The van der Waals surface area contributed by atoms with Crippen molar-refractivity contribution in [1.29, 1.82) is 0 Å². The van der Waals surface area contributed by atoms with Gasteiger partial charge in [-0.2, -0.15) is 0 Å². The molecule has 0 bridgehead atoms. The van der Waals surface area contributed by atoms with Crippen molar-refractivity contribution in [2.24, 2.45) is 11.3 Å². The van der Waals surface area contributed by atoms with E-state index in [1.807, 2.05) is 30.3 Å². The SMILES string of the molecule is COCC1(CNC(=O)C2CCCN(C(=O)Nc3ccccc3)C2)CCNCC1. The molecule has 2 fully saturated rings. The van der Waals surface area contributed by atoms with E-state index in [1.54, 1.807) is 12.0 Å². The summed E-state index contributed by atoms with van der Waals surface area (Å²) in [6.07, 6.45) is 3.65. The Labute approximate surface area is 167 Å². The molecule has 1 aromatic rings. The summed E-state index contributed by atoms with van der Waals surface area (Å²) >= 11 is 0. The third-order valence-corrected chi connectivity index (χ3v) is 5.86. The molecular weight excluding hydrogens is 356 g/mol. The summed E-state index contributed by atoms with van der Waals surface area (Å²) < 4.78 is 5.43. The first kappa shape index (κ1) is 20.6. The van der Waals surface area contributed by atoms with Crippen molar-refractivity contribution >= 4 is 17.6 Å². The molecule has 7 heteroatoms. The molecule has 0 radical (unpaired) electrons. The maximum atomic E-state index is 12.8. The van der Waals surface area contributed by atoms with Gasteiger partial charge in [-0.15, -0.1) is 0 Å². The topological polar surface area (TPSA) is 82.7 Å². The Balaban J connectivity index is 1.51. The number of para-hydroxylation sites is 1. The monoisotopic (exact) mass is 388 g/mol. The summed E-state index contributed by atoms with van der Waals surface area (Å²) in [7, 11) is 1.72. The number of carbonyl (C=O) groups excluding carboxylic acids is 2. The molecule has 7 nitrogen and oxygen atoms in total. The van der Waals surface area contributed by atoms with E-state index < -0.39 is 0 Å². The van der Waals surface area contributed by atoms with E-state index >= 15 is 0 Å². The van der Waals surface area contributed by atoms with Gasteiger partial charge < -0.3 is 25.6 Å². The quantitative estimate of drug-likeness (QED) is 0.697. The van der Waals surface area contributed by atoms with Gasteiger partial charge in [0.15, 0.2) is 0 Å². The van der Waals surface area contributed by atoms with E-state index in [-0.39, 0.29) is 23.3 Å². The highest BCUT2D eigenvalue weighted by molar-refractivity contribution is 5.90. The summed E-state index contributed by atoms with van der Waals surface area (Å²) in [6, 6.07) is 9.27. The standard InChI is InChI=1S/C21H32N4O3/c1-28-16-21(9-11-22-12-10-21)15-23-19(26)17-6-5-13-25(14-17)20(27)24-18-7-3-2-4-8-18/h2-4,7-8,17,22H,5-6,9-16H2,1H3,(H,23,26)(H,24,27). The maximum absolute atomic E-state index is 12.8. The predicted molar refractivity (Wildman–Crippen MR) is 109 cm³/mol. The number of urea groups is 1. The summed E-state index contributed by atoms with van der Waals surface area (Å²) in [5.41, 5.74) is 0.779. The van der Waals surface area contributed by atoms with Gasteiger partial charge >= 0.3 is 6.03 Å². The van der Waals surface area contributed by atoms with Gasteiger partial charge in [-0.05, 0) is 50.9 Å². The van der Waals surface area contributed by atoms with Gasteiger partial charge in [-0.25, -0.2) is 4.79 Å². The summed E-state index contributed by atoms with van der Waals surface area (Å²) in [5.74, 6) is -0.109. The first-order valence-electron chi connectivity index (χ1n) is 10.2. The van der Waals surface area contributed by atoms with E-state index in [0.29, 0.717) is 26.2 Å². The molecular formula is C21H32N4O3. The molecule has 1 atom stereocenters. The van der Waals surface area contributed by atoms with Crippen LogP contribution in [-0.2, 0) is 9.53 Å². The molecule has 1 unspecified atom stereocenters. The summed E-state index contributed by atoms with van der Waals surface area (Å²) in [4.78, 5) is 27.1. The average molecular weight is 389 g/mol. The Kier molecular flexibility index (Phi) is 7.28. The Hall–Kier alpha value is -2.12. The smallest absolute Gasteiger partial charge is 0.321 e. The lowest BCUT2D eigenvalue weighted by Crippen LogP contribution is -2.51. The van der Waals surface area contributed by atoms with E-state index in [1.165, 1.54) is 0 Å². The summed E-state index contributed by atoms with van der Waals surface area (Å²) in [6.45, 7) is 4.34. The first-order valence-corrected chi connectivity index (χ1v) is 10.2. The number of nitrogens with zero attached hydrogens (tertiary/aromatic N) is 1. The van der Waals surface area contributed by atoms with Gasteiger partial charge in [-0.3, -0.25) is 4.79 Å². The average Bonchev–Trinajstić information content (AvgIpc) is 2.74. The lowest BCUT2D eigenvalue weighted by atomic mass is 9.79. The van der Waals surface area contributed by atoms with Crippen molar-refractivity contribution in [3.63, 3.8) is 0 Å². The van der Waals surface area contributed by atoms with Crippen molar-refractivity contribution in [3.05, 3.63) is 30.3 Å². The fourth-order valence-corrected chi connectivity index (χ4v) is 4.15. The number of hydrogen-bond acceptors (Lipinski definition) is 4. The van der Waals surface area contributed by atoms with Crippen LogP contribution in [0.1, 0.15) is 25.7 Å². The van der Waals surface area contributed by atoms with Crippen molar-refractivity contribution in [1.82, 2.24) is 15.5 Å². The van der Waals surface area contributed by atoms with Gasteiger partial charge in [0.05, 0.1) is 12.5 Å². The molecule has 0 aliphatic carbocycles. The zero-order chi connectivity index (χ0) is 19.8. The van der Waals surface area contributed by atoms with E-state index in [0.717, 1.165) is 44.5 Å². The number of ether oxygens (including phenoxy) is 1. The van der Waals surface area contributed by atoms with E-state index in [2.05, 4.69) is 16.0 Å². The van der Waals surface area contributed by atoms with Crippen LogP contribution in [0.5, 0.6) is 0 Å². The Morgan fingerprint density at radius 2 is 2.00 bits per heavy atom. The summed E-state index contributed by atoms with van der Waals surface area (Å²) in [5, 5.41) is 9.43. The normalized spacial score (nSPS) is 21.8. The van der Waals surface area contributed by atoms with Crippen LogP contribution in [0, 0.1) is 11.3 Å². The highest BCUT2D eigenvalue weighted by Crippen LogP contribution is 2.28. The molecule has 3 amide bonds. The molecule has 28 heavy (non-hydrogen) atoms. The third kappa shape index (κ3) is 5.45. The molecule has 2 saturated heterocycles. The second kappa shape index (κ2) is 9.89. The van der Waals surface area contributed by atoms with Crippen molar-refractivity contribution in [3.8, 4) is 0 Å². The number of likely N-dealkylation sites (tertiary alicyclic amines) is 1. The number of rotatable bonds is 6. The first-order chi connectivity index (χ1) is 13.6. The molecule has 1 aromatic carbocycles. The van der Waals surface area contributed by atoms with Gasteiger partial charge in [0, 0.05) is 37.8 Å². The number of hydrogen-bond donors (Lipinski definition) is 3. The number of methoxy groups -OCH3 is 1. The maximum Gasteiger partial charge on any atom is 0.321 e. The van der Waals surface area contributed by atoms with Crippen LogP contribution < -0.4 is 16.0 Å². The van der Waals surface area contributed by atoms with Crippen LogP contribution in [0.25, 0.3) is 0 Å². The van der Waals surface area contributed by atoms with Crippen molar-refractivity contribution in [2.75, 3.05) is 51.8 Å². The predicted octanol–water partition coefficient (Wildman–Crippen LogP) is 2.06. The molecule has 3 rings (SSSR count). The molecule has 0 saturated carbocycles. The lowest BCUT2D eigenvalue weighted by Gasteiger charge is -2.38. The van der Waals surface area contributed by atoms with Crippen LogP contribution >= 0.6 is 0 Å². The second-order valence-corrected chi connectivity index (χ2v) is 7.98. The minimum atomic E-state index is -0.156. The lowest BCUT2D eigenvalue weighted by molar-refractivity contribution is -0.127. The van der Waals surface area contributed by atoms with Gasteiger partial charge in [0.1, 0.15) is 0 Å². The largest absolute Gasteiger partial charge is 0.384 e. The number of anilines is 1. The van der Waals surface area contributed by atoms with Crippen LogP contribution in [0.3, 0.4) is 0 Å². The number of benzene rings is 1. The van der Waals surface area contributed by atoms with Crippen LogP contribution in [0.15, 0.2) is 30.3 Å². The molecule has 0 aromatic heterocycles. The fourth-order valence-electron chi connectivity index (χ4n) is 4.15. The Morgan fingerprint density at radius 1 is 1.25 bits per heavy atom. The van der Waals surface area contributed by atoms with Crippen molar-refractivity contribution in [2.45, 2.75) is 25.7 Å². The van der Waals surface area contributed by atoms with Gasteiger partial charge in [0.2, 0.25) is 5.91 Å². The fraction of sp³-hybridized carbons (Fsp3) is 0.619. The van der Waals surface area contributed by atoms with E-state index in [9.17, 15) is 9.59 Å². The zero-order valence-electron chi connectivity index (χ0n) is 16.7. The molecule has 2 aliphatic heterocycles. The molecule has 2 aliphatic rings. The van der Waals surface area contributed by atoms with Crippen molar-refractivity contribution < 1.29 is 14.3 Å². The van der Waals surface area contributed by atoms with Crippen LogP contribution in [0.4, 0.5) is 10.5 Å². The van der Waals surface area contributed by atoms with E-state index in [4.69, 9.17) is 4.74 Å². The molecule has 0 spiro atoms. The number of carbonyl (C=O) groups is 2.